The normalized spacial score (nSPS) is 15.2. The van der Waals surface area contributed by atoms with Crippen LogP contribution in [0.1, 0.15) is 56.5 Å². The van der Waals surface area contributed by atoms with Gasteiger partial charge < -0.3 is 19.9 Å². The molecule has 0 aliphatic carbocycles. The van der Waals surface area contributed by atoms with Gasteiger partial charge in [-0.3, -0.25) is 4.79 Å². The fourth-order valence-electron chi connectivity index (χ4n) is 4.18. The van der Waals surface area contributed by atoms with Crippen LogP contribution in [0.5, 0.6) is 0 Å². The summed E-state index contributed by atoms with van der Waals surface area (Å²) < 4.78 is 45.5. The summed E-state index contributed by atoms with van der Waals surface area (Å²) >= 11 is 0. The molecule has 1 aromatic carbocycles. The number of anilines is 1. The number of ether oxygens (including phenoxy) is 1. The fourth-order valence-corrected chi connectivity index (χ4v) is 4.18. The Hall–Kier alpha value is -3.30. The molecule has 0 spiro atoms. The van der Waals surface area contributed by atoms with Crippen molar-refractivity contribution >= 4 is 17.8 Å². The lowest BCUT2D eigenvalue weighted by Crippen LogP contribution is -2.37. The number of carbonyl (C=O) groups is 2. The number of aryl methyl sites for hydroxylation is 1. The highest BCUT2D eigenvalue weighted by Crippen LogP contribution is 2.34. The van der Waals surface area contributed by atoms with Gasteiger partial charge in [0.05, 0.1) is 18.0 Å². The van der Waals surface area contributed by atoms with Gasteiger partial charge in [-0.25, -0.2) is 9.78 Å². The van der Waals surface area contributed by atoms with E-state index in [-0.39, 0.29) is 18.0 Å². The van der Waals surface area contributed by atoms with Gasteiger partial charge in [-0.15, -0.1) is 0 Å². The van der Waals surface area contributed by atoms with Gasteiger partial charge in [0.2, 0.25) is 0 Å². The molecule has 1 unspecified atom stereocenters. The third-order valence-electron chi connectivity index (χ3n) is 5.81. The molecule has 2 amide bonds. The van der Waals surface area contributed by atoms with Crippen LogP contribution in [0, 0.1) is 0 Å². The number of rotatable bonds is 9. The Kier molecular flexibility index (Phi) is 8.47. The van der Waals surface area contributed by atoms with Crippen molar-refractivity contribution in [1.82, 2.24) is 14.8 Å². The van der Waals surface area contributed by atoms with E-state index in [0.29, 0.717) is 32.5 Å². The lowest BCUT2D eigenvalue weighted by atomic mass is 9.99. The van der Waals surface area contributed by atoms with E-state index in [1.807, 2.05) is 18.2 Å². The van der Waals surface area contributed by atoms with E-state index in [0.717, 1.165) is 23.6 Å². The monoisotopic (exact) mass is 506 g/mol. The summed E-state index contributed by atoms with van der Waals surface area (Å²) in [6.07, 6.45) is -3.42. The van der Waals surface area contributed by atoms with E-state index in [1.54, 1.807) is 32.7 Å². The van der Waals surface area contributed by atoms with Crippen molar-refractivity contribution in [2.75, 3.05) is 32.0 Å². The van der Waals surface area contributed by atoms with Crippen molar-refractivity contribution in [3.63, 3.8) is 0 Å². The van der Waals surface area contributed by atoms with Crippen molar-refractivity contribution in [3.05, 3.63) is 59.3 Å². The van der Waals surface area contributed by atoms with Gasteiger partial charge in [0.25, 0.3) is 0 Å². The molecule has 196 valence electrons. The molecule has 1 fully saturated rings. The predicted molar refractivity (Wildman–Crippen MR) is 130 cm³/mol. The predicted octanol–water partition coefficient (Wildman–Crippen LogP) is 5.29. The van der Waals surface area contributed by atoms with Crippen LogP contribution in [0.25, 0.3) is 0 Å². The van der Waals surface area contributed by atoms with Crippen LogP contribution in [0.2, 0.25) is 0 Å². The number of esters is 1. The van der Waals surface area contributed by atoms with Gasteiger partial charge in [-0.2, -0.15) is 13.2 Å². The van der Waals surface area contributed by atoms with Crippen LogP contribution in [-0.4, -0.2) is 59.1 Å². The largest absolute Gasteiger partial charge is 0.460 e. The molecule has 1 saturated heterocycles. The Morgan fingerprint density at radius 2 is 1.86 bits per heavy atom. The Labute approximate surface area is 209 Å². The number of hydrogen-bond acceptors (Lipinski definition) is 5. The molecule has 36 heavy (non-hydrogen) atoms. The minimum atomic E-state index is -4.54. The summed E-state index contributed by atoms with van der Waals surface area (Å²) in [5.74, 6) is 0.189. The van der Waals surface area contributed by atoms with Gasteiger partial charge in [0, 0.05) is 32.4 Å². The van der Waals surface area contributed by atoms with Crippen LogP contribution in [0.15, 0.2) is 42.5 Å². The Morgan fingerprint density at radius 3 is 2.53 bits per heavy atom. The number of pyridine rings is 1. The van der Waals surface area contributed by atoms with E-state index >= 15 is 0 Å². The Bertz CT molecular complexity index is 1070. The molecule has 0 saturated carbocycles. The number of nitrogens with zero attached hydrogens (tertiary/aromatic N) is 3. The molecule has 10 heteroatoms. The van der Waals surface area contributed by atoms with Crippen molar-refractivity contribution < 1.29 is 27.5 Å². The summed E-state index contributed by atoms with van der Waals surface area (Å²) in [7, 11) is 1.79. The average molecular weight is 507 g/mol. The molecule has 1 aromatic heterocycles. The quantitative estimate of drug-likeness (QED) is 0.468. The summed E-state index contributed by atoms with van der Waals surface area (Å²) in [6, 6.07) is 9.31. The van der Waals surface area contributed by atoms with E-state index in [4.69, 9.17) is 4.74 Å². The maximum Gasteiger partial charge on any atom is 0.416 e. The first-order chi connectivity index (χ1) is 16.9. The number of alkyl halides is 3. The molecule has 1 aliphatic heterocycles. The zero-order chi connectivity index (χ0) is 26.5. The highest BCUT2D eigenvalue weighted by Gasteiger charge is 2.37. The van der Waals surface area contributed by atoms with E-state index in [9.17, 15) is 22.8 Å². The van der Waals surface area contributed by atoms with Crippen LogP contribution in [-0.2, 0) is 22.1 Å². The second kappa shape index (κ2) is 11.2. The number of halogens is 3. The standard InChI is InChI=1S/C26H33F3N4O3/c1-25(2,3)36-23(34)17-21(18-8-5-9-19(16-18)26(27,28)29)33-15-14-32(24(33)35)13-7-11-20-10-6-12-22(30-4)31-20/h5-6,8-10,12,16,21H,7,11,13-15,17H2,1-4H3,(H,30,31). The molecule has 0 bridgehead atoms. The molecule has 2 aromatic rings. The number of benzene rings is 1. The lowest BCUT2D eigenvalue weighted by Gasteiger charge is -2.29. The summed E-state index contributed by atoms with van der Waals surface area (Å²) in [5, 5.41) is 2.99. The van der Waals surface area contributed by atoms with Crippen molar-refractivity contribution in [2.45, 2.75) is 57.9 Å². The van der Waals surface area contributed by atoms with Gasteiger partial charge in [-0.05, 0) is 63.4 Å². The second-order valence-corrected chi connectivity index (χ2v) is 9.76. The maximum atomic E-state index is 13.4. The smallest absolute Gasteiger partial charge is 0.416 e. The van der Waals surface area contributed by atoms with Crippen molar-refractivity contribution in [2.24, 2.45) is 0 Å². The molecule has 2 heterocycles. The zero-order valence-electron chi connectivity index (χ0n) is 21.1. The van der Waals surface area contributed by atoms with E-state index in [2.05, 4.69) is 10.3 Å². The number of amides is 2. The van der Waals surface area contributed by atoms with Gasteiger partial charge in [0.1, 0.15) is 11.4 Å². The van der Waals surface area contributed by atoms with E-state index in [1.165, 1.54) is 17.0 Å². The number of carbonyl (C=O) groups excluding carboxylic acids is 2. The van der Waals surface area contributed by atoms with Gasteiger partial charge in [-0.1, -0.05) is 18.2 Å². The molecular formula is C26H33F3N4O3. The van der Waals surface area contributed by atoms with Crippen molar-refractivity contribution in [3.8, 4) is 0 Å². The first kappa shape index (κ1) is 27.3. The van der Waals surface area contributed by atoms with Gasteiger partial charge >= 0.3 is 18.2 Å². The second-order valence-electron chi connectivity index (χ2n) is 9.76. The number of hydrogen-bond donors (Lipinski definition) is 1. The van der Waals surface area contributed by atoms with Crippen LogP contribution in [0.3, 0.4) is 0 Å². The number of nitrogens with one attached hydrogen (secondary N) is 1. The number of urea groups is 1. The van der Waals surface area contributed by atoms with Crippen LogP contribution >= 0.6 is 0 Å². The van der Waals surface area contributed by atoms with Crippen molar-refractivity contribution in [1.29, 1.82) is 0 Å². The Balaban J connectivity index is 1.74. The summed E-state index contributed by atoms with van der Waals surface area (Å²) in [6.45, 7) is 6.35. The van der Waals surface area contributed by atoms with Gasteiger partial charge in [0.15, 0.2) is 0 Å². The van der Waals surface area contributed by atoms with E-state index < -0.39 is 29.4 Å². The lowest BCUT2D eigenvalue weighted by molar-refractivity contribution is -0.156. The summed E-state index contributed by atoms with van der Waals surface area (Å²) in [4.78, 5) is 33.5. The topological polar surface area (TPSA) is 74.8 Å². The molecule has 7 nitrogen and oxygen atoms in total. The molecule has 1 atom stereocenters. The summed E-state index contributed by atoms with van der Waals surface area (Å²) in [5.41, 5.74) is -0.431. The highest BCUT2D eigenvalue weighted by molar-refractivity contribution is 5.79. The third-order valence-corrected chi connectivity index (χ3v) is 5.81. The SMILES string of the molecule is CNc1cccc(CCCN2CCN(C(CC(=O)OC(C)(C)C)c3cccc(C(F)(F)F)c3)C2=O)n1. The zero-order valence-corrected chi connectivity index (χ0v) is 21.1. The van der Waals surface area contributed by atoms with Crippen LogP contribution in [0.4, 0.5) is 23.8 Å². The average Bonchev–Trinajstić information content (AvgIpc) is 3.16. The fraction of sp³-hybridized carbons (Fsp3) is 0.500. The minimum absolute atomic E-state index is 0.237. The maximum absolute atomic E-state index is 13.4. The van der Waals surface area contributed by atoms with Crippen LogP contribution < -0.4 is 5.32 Å². The molecule has 1 N–H and O–H groups in total. The first-order valence-electron chi connectivity index (χ1n) is 12.0. The first-order valence-corrected chi connectivity index (χ1v) is 12.0. The molecular weight excluding hydrogens is 473 g/mol. The Morgan fingerprint density at radius 1 is 1.14 bits per heavy atom. The third kappa shape index (κ3) is 7.35. The molecule has 3 rings (SSSR count). The number of aromatic nitrogens is 1. The highest BCUT2D eigenvalue weighted by atomic mass is 19.4. The minimum Gasteiger partial charge on any atom is -0.460 e. The molecule has 0 radical (unpaired) electrons. The molecule has 1 aliphatic rings.